The van der Waals surface area contributed by atoms with E-state index in [9.17, 15) is 9.18 Å². The Balaban J connectivity index is 1.34. The summed E-state index contributed by atoms with van der Waals surface area (Å²) in [6, 6.07) is 16.0. The third-order valence-electron chi connectivity index (χ3n) is 5.53. The summed E-state index contributed by atoms with van der Waals surface area (Å²) in [4.78, 5) is 16.9. The maximum atomic E-state index is 14.4. The van der Waals surface area contributed by atoms with Crippen molar-refractivity contribution in [2.45, 2.75) is 6.92 Å². The van der Waals surface area contributed by atoms with Crippen LogP contribution in [-0.2, 0) is 7.05 Å². The lowest BCUT2D eigenvalue weighted by Gasteiger charge is -2.11. The molecule has 5 rings (SSSR count). The molecule has 0 atom stereocenters. The highest BCUT2D eigenvalue weighted by Crippen LogP contribution is 2.27. The lowest BCUT2D eigenvalue weighted by Crippen LogP contribution is -2.18. The average molecular weight is 468 g/mol. The molecule has 0 saturated heterocycles. The Bertz CT molecular complexity index is 1530. The van der Waals surface area contributed by atoms with Crippen LogP contribution in [-0.4, -0.2) is 30.9 Å². The van der Waals surface area contributed by atoms with Crippen molar-refractivity contribution in [3.63, 3.8) is 0 Å². The zero-order valence-electron chi connectivity index (χ0n) is 19.1. The van der Waals surface area contributed by atoms with E-state index in [0.717, 1.165) is 28.0 Å². The highest BCUT2D eigenvalue weighted by molar-refractivity contribution is 6.04. The van der Waals surface area contributed by atoms with E-state index in [4.69, 9.17) is 0 Å². The summed E-state index contributed by atoms with van der Waals surface area (Å²) in [5.41, 5.74) is 5.06. The van der Waals surface area contributed by atoms with Crippen LogP contribution in [0.15, 0.2) is 67.0 Å². The van der Waals surface area contributed by atoms with Crippen molar-refractivity contribution in [3.8, 4) is 0 Å². The van der Waals surface area contributed by atoms with Crippen LogP contribution in [0.25, 0.3) is 23.1 Å². The fourth-order valence-corrected chi connectivity index (χ4v) is 3.80. The number of hydrogen-bond acceptors (Lipinski definition) is 5. The molecule has 2 aromatic carbocycles. The fraction of sp³-hybridized carbons (Fsp3) is 0.0769. The summed E-state index contributed by atoms with van der Waals surface area (Å²) >= 11 is 0. The highest BCUT2D eigenvalue weighted by Gasteiger charge is 2.16. The van der Waals surface area contributed by atoms with E-state index in [2.05, 4.69) is 30.9 Å². The van der Waals surface area contributed by atoms with E-state index in [1.165, 1.54) is 10.7 Å². The molecule has 0 saturated carbocycles. The van der Waals surface area contributed by atoms with E-state index in [0.29, 0.717) is 16.9 Å². The predicted molar refractivity (Wildman–Crippen MR) is 135 cm³/mol. The van der Waals surface area contributed by atoms with E-state index >= 15 is 0 Å². The summed E-state index contributed by atoms with van der Waals surface area (Å²) in [5, 5.41) is 18.3. The highest BCUT2D eigenvalue weighted by atomic mass is 19.1. The molecule has 35 heavy (non-hydrogen) atoms. The molecule has 5 aromatic rings. The third-order valence-corrected chi connectivity index (χ3v) is 5.53. The lowest BCUT2D eigenvalue weighted by molar-refractivity contribution is 0.101. The molecule has 0 aliphatic heterocycles. The smallest absolute Gasteiger partial charge is 0.274 e. The Labute approximate surface area is 200 Å². The standard InChI is InChI=1S/C26H22FN7O/c1-16-15-29-34(2)25(16)26(35)31-24-14-19(7-10-21(24)27)30-18-6-9-20-22(32-33-23(20)13-18)11-8-17-5-3-4-12-28-17/h3-15,30H,1-2H3,(H,31,35)(H,32,33). The first kappa shape index (κ1) is 22.0. The number of nitrogens with one attached hydrogen (secondary N) is 3. The van der Waals surface area contributed by atoms with E-state index in [1.54, 1.807) is 38.5 Å². The minimum atomic E-state index is -0.530. The average Bonchev–Trinajstić information content (AvgIpc) is 3.42. The Hall–Kier alpha value is -4.79. The van der Waals surface area contributed by atoms with Gasteiger partial charge in [0.1, 0.15) is 11.5 Å². The molecule has 174 valence electrons. The van der Waals surface area contributed by atoms with Gasteiger partial charge in [-0.25, -0.2) is 4.39 Å². The van der Waals surface area contributed by atoms with Crippen molar-refractivity contribution in [3.05, 3.63) is 95.5 Å². The number of anilines is 3. The largest absolute Gasteiger partial charge is 0.355 e. The first-order valence-corrected chi connectivity index (χ1v) is 10.9. The normalized spacial score (nSPS) is 11.3. The minimum absolute atomic E-state index is 0.0742. The molecule has 3 aromatic heterocycles. The van der Waals surface area contributed by atoms with E-state index < -0.39 is 11.7 Å². The molecule has 9 heteroatoms. The summed E-state index contributed by atoms with van der Waals surface area (Å²) in [5.74, 6) is -0.958. The van der Waals surface area contributed by atoms with Crippen LogP contribution in [0, 0.1) is 12.7 Å². The van der Waals surface area contributed by atoms with Crippen molar-refractivity contribution in [1.29, 1.82) is 0 Å². The number of fused-ring (bicyclic) bond motifs is 1. The molecule has 8 nitrogen and oxygen atoms in total. The number of hydrogen-bond donors (Lipinski definition) is 3. The van der Waals surface area contributed by atoms with Crippen molar-refractivity contribution in [2.75, 3.05) is 10.6 Å². The molecule has 0 aliphatic rings. The Morgan fingerprint density at radius 3 is 2.69 bits per heavy atom. The van der Waals surface area contributed by atoms with Gasteiger partial charge >= 0.3 is 0 Å². The minimum Gasteiger partial charge on any atom is -0.355 e. The molecular weight excluding hydrogens is 445 g/mol. The molecule has 0 fully saturated rings. The number of carbonyl (C=O) groups is 1. The van der Waals surface area contributed by atoms with Crippen molar-refractivity contribution >= 4 is 46.0 Å². The SMILES string of the molecule is Cc1cnn(C)c1C(=O)Nc1cc(Nc2ccc3c(C=Cc4ccccn4)n[nH]c3c2)ccc1F. The van der Waals surface area contributed by atoms with Gasteiger partial charge in [-0.3, -0.25) is 19.6 Å². The topological polar surface area (TPSA) is 101 Å². The number of aromatic amines is 1. The number of aromatic nitrogens is 5. The fourth-order valence-electron chi connectivity index (χ4n) is 3.80. The molecule has 0 unspecified atom stereocenters. The summed E-state index contributed by atoms with van der Waals surface area (Å²) in [6.07, 6.45) is 7.15. The van der Waals surface area contributed by atoms with Gasteiger partial charge < -0.3 is 10.6 Å². The lowest BCUT2D eigenvalue weighted by atomic mass is 10.1. The van der Waals surface area contributed by atoms with Crippen LogP contribution >= 0.6 is 0 Å². The number of nitrogens with zero attached hydrogens (tertiary/aromatic N) is 4. The monoisotopic (exact) mass is 467 g/mol. The number of halogens is 1. The van der Waals surface area contributed by atoms with Crippen LogP contribution in [0.2, 0.25) is 0 Å². The van der Waals surface area contributed by atoms with Crippen LogP contribution in [0.4, 0.5) is 21.5 Å². The van der Waals surface area contributed by atoms with Gasteiger partial charge in [-0.2, -0.15) is 10.2 Å². The summed E-state index contributed by atoms with van der Waals surface area (Å²) < 4.78 is 15.9. The third kappa shape index (κ3) is 4.65. The van der Waals surface area contributed by atoms with Crippen LogP contribution in [0.3, 0.4) is 0 Å². The van der Waals surface area contributed by atoms with E-state index in [1.807, 2.05) is 48.6 Å². The molecular formula is C26H22FN7O. The number of carbonyl (C=O) groups excluding carboxylic acids is 1. The zero-order chi connectivity index (χ0) is 24.4. The summed E-state index contributed by atoms with van der Waals surface area (Å²) in [7, 11) is 1.67. The second-order valence-electron chi connectivity index (χ2n) is 8.03. The van der Waals surface area contributed by atoms with Crippen molar-refractivity contribution in [1.82, 2.24) is 25.0 Å². The maximum Gasteiger partial charge on any atom is 0.274 e. The first-order valence-electron chi connectivity index (χ1n) is 10.9. The van der Waals surface area contributed by atoms with Gasteiger partial charge in [0.25, 0.3) is 5.91 Å². The molecule has 0 aliphatic carbocycles. The molecule has 0 radical (unpaired) electrons. The maximum absolute atomic E-state index is 14.4. The number of benzene rings is 2. The zero-order valence-corrected chi connectivity index (χ0v) is 19.1. The number of H-pyrrole nitrogens is 1. The van der Waals surface area contributed by atoms with Crippen molar-refractivity contribution in [2.24, 2.45) is 7.05 Å². The number of aryl methyl sites for hydroxylation is 2. The molecule has 0 bridgehead atoms. The summed E-state index contributed by atoms with van der Waals surface area (Å²) in [6.45, 7) is 1.78. The van der Waals surface area contributed by atoms with E-state index in [-0.39, 0.29) is 5.69 Å². The predicted octanol–water partition coefficient (Wildman–Crippen LogP) is 5.31. The van der Waals surface area contributed by atoms with Gasteiger partial charge in [-0.1, -0.05) is 6.07 Å². The van der Waals surface area contributed by atoms with Gasteiger partial charge in [-0.05, 0) is 73.2 Å². The van der Waals surface area contributed by atoms with Gasteiger partial charge in [0.05, 0.1) is 28.8 Å². The first-order chi connectivity index (χ1) is 17.0. The van der Waals surface area contributed by atoms with Gasteiger partial charge in [0.2, 0.25) is 0 Å². The molecule has 3 N–H and O–H groups in total. The molecule has 1 amide bonds. The second-order valence-corrected chi connectivity index (χ2v) is 8.03. The van der Waals surface area contributed by atoms with Crippen LogP contribution in [0.1, 0.15) is 27.4 Å². The van der Waals surface area contributed by atoms with Crippen LogP contribution in [0.5, 0.6) is 0 Å². The van der Waals surface area contributed by atoms with Gasteiger partial charge in [0.15, 0.2) is 0 Å². The van der Waals surface area contributed by atoms with Gasteiger partial charge in [-0.15, -0.1) is 0 Å². The number of amides is 1. The second kappa shape index (κ2) is 9.22. The molecule has 3 heterocycles. The van der Waals surface area contributed by atoms with Crippen LogP contribution < -0.4 is 10.6 Å². The molecule has 0 spiro atoms. The Morgan fingerprint density at radius 1 is 1.09 bits per heavy atom. The Kier molecular flexibility index (Phi) is 5.80. The van der Waals surface area contributed by atoms with Crippen molar-refractivity contribution < 1.29 is 9.18 Å². The van der Waals surface area contributed by atoms with Gasteiger partial charge in [0, 0.05) is 30.0 Å². The number of rotatable bonds is 6. The quantitative estimate of drug-likeness (QED) is 0.314. The Morgan fingerprint density at radius 2 is 1.91 bits per heavy atom. The number of pyridine rings is 1.